The van der Waals surface area contributed by atoms with Gasteiger partial charge in [-0.25, -0.2) is 8.42 Å². The molecule has 1 N–H and O–H groups in total. The van der Waals surface area contributed by atoms with Gasteiger partial charge in [0.25, 0.3) is 5.91 Å². The lowest BCUT2D eigenvalue weighted by Crippen LogP contribution is -2.32. The number of carbonyl (C=O) groups is 1. The molecule has 1 aromatic rings. The average molecular weight is 370 g/mol. The number of sulfonamides is 1. The summed E-state index contributed by atoms with van der Waals surface area (Å²) in [6, 6.07) is 5.99. The minimum atomic E-state index is -3.51. The van der Waals surface area contributed by atoms with Crippen LogP contribution < -0.4 is 5.32 Å². The fourth-order valence-corrected chi connectivity index (χ4v) is 4.06. The average Bonchev–Trinajstić information content (AvgIpc) is 2.63. The highest BCUT2D eigenvalue weighted by Gasteiger charge is 2.21. The van der Waals surface area contributed by atoms with Gasteiger partial charge in [-0.1, -0.05) is 13.8 Å². The fourth-order valence-electron chi connectivity index (χ4n) is 2.60. The Balaban J connectivity index is 1.91. The van der Waals surface area contributed by atoms with Gasteiger partial charge in [0.2, 0.25) is 10.0 Å². The summed E-state index contributed by atoms with van der Waals surface area (Å²) in [4.78, 5) is 12.3. The third kappa shape index (κ3) is 5.24. The number of ether oxygens (including phenoxy) is 2. The highest BCUT2D eigenvalue weighted by molar-refractivity contribution is 7.89. The number of benzene rings is 1. The summed E-state index contributed by atoms with van der Waals surface area (Å²) in [6.07, 6.45) is 1.21. The van der Waals surface area contributed by atoms with Crippen molar-refractivity contribution in [3.63, 3.8) is 0 Å². The number of amides is 1. The molecule has 0 radical (unpaired) electrons. The molecule has 1 saturated heterocycles. The number of hydrogen-bond acceptors (Lipinski definition) is 5. The van der Waals surface area contributed by atoms with Crippen LogP contribution in [0.3, 0.4) is 0 Å². The Morgan fingerprint density at radius 2 is 1.76 bits per heavy atom. The van der Waals surface area contributed by atoms with E-state index in [1.165, 1.54) is 28.6 Å². The molecule has 0 atom stereocenters. The van der Waals surface area contributed by atoms with Gasteiger partial charge in [0.15, 0.2) is 6.29 Å². The first-order valence-corrected chi connectivity index (χ1v) is 10.0. The lowest BCUT2D eigenvalue weighted by molar-refractivity contribution is -0.180. The molecule has 1 aliphatic rings. The van der Waals surface area contributed by atoms with Crippen molar-refractivity contribution in [3.05, 3.63) is 29.8 Å². The van der Waals surface area contributed by atoms with Gasteiger partial charge >= 0.3 is 0 Å². The van der Waals surface area contributed by atoms with Gasteiger partial charge in [0.05, 0.1) is 18.1 Å². The van der Waals surface area contributed by atoms with Crippen molar-refractivity contribution in [3.8, 4) is 0 Å². The zero-order valence-corrected chi connectivity index (χ0v) is 15.5. The van der Waals surface area contributed by atoms with Crippen molar-refractivity contribution in [2.45, 2.75) is 37.9 Å². The van der Waals surface area contributed by atoms with E-state index in [0.29, 0.717) is 44.8 Å². The van der Waals surface area contributed by atoms with Crippen molar-refractivity contribution in [1.29, 1.82) is 0 Å². The van der Waals surface area contributed by atoms with Crippen LogP contribution in [0.1, 0.15) is 37.0 Å². The number of nitrogens with zero attached hydrogens (tertiary/aromatic N) is 1. The predicted octanol–water partition coefficient (Wildman–Crippen LogP) is 1.60. The molecule has 0 spiro atoms. The molecule has 1 amide bonds. The van der Waals surface area contributed by atoms with Gasteiger partial charge in [-0.3, -0.25) is 4.79 Å². The van der Waals surface area contributed by atoms with Crippen LogP contribution in [0.15, 0.2) is 29.2 Å². The van der Waals surface area contributed by atoms with E-state index >= 15 is 0 Å². The molecule has 1 heterocycles. The van der Waals surface area contributed by atoms with Crippen molar-refractivity contribution >= 4 is 15.9 Å². The minimum Gasteiger partial charge on any atom is -0.353 e. The molecule has 1 aromatic carbocycles. The summed E-state index contributed by atoms with van der Waals surface area (Å²) in [6.45, 7) is 6.20. The van der Waals surface area contributed by atoms with E-state index < -0.39 is 10.0 Å². The second-order valence-electron chi connectivity index (χ2n) is 5.68. The third-order valence-corrected chi connectivity index (χ3v) is 6.09. The van der Waals surface area contributed by atoms with Gasteiger partial charge in [-0.15, -0.1) is 0 Å². The Bertz CT molecular complexity index is 650. The first kappa shape index (κ1) is 19.8. The van der Waals surface area contributed by atoms with Crippen LogP contribution in [0.4, 0.5) is 0 Å². The molecule has 25 heavy (non-hydrogen) atoms. The second kappa shape index (κ2) is 9.28. The van der Waals surface area contributed by atoms with Crippen LogP contribution in [0.5, 0.6) is 0 Å². The van der Waals surface area contributed by atoms with Crippen LogP contribution in [-0.4, -0.2) is 57.8 Å². The van der Waals surface area contributed by atoms with E-state index in [2.05, 4.69) is 5.32 Å². The molecule has 1 aliphatic heterocycles. The van der Waals surface area contributed by atoms with Gasteiger partial charge in [0, 0.05) is 31.6 Å². The number of hydrogen-bond donors (Lipinski definition) is 1. The summed E-state index contributed by atoms with van der Waals surface area (Å²) in [5.74, 6) is -0.248. The van der Waals surface area contributed by atoms with Gasteiger partial charge in [0.1, 0.15) is 0 Å². The quantitative estimate of drug-likeness (QED) is 0.751. The van der Waals surface area contributed by atoms with E-state index in [1.54, 1.807) is 13.8 Å². The smallest absolute Gasteiger partial charge is 0.251 e. The van der Waals surface area contributed by atoms with E-state index in [1.807, 2.05) is 0 Å². The zero-order valence-electron chi connectivity index (χ0n) is 14.7. The number of nitrogens with one attached hydrogen (secondary N) is 1. The predicted molar refractivity (Wildman–Crippen MR) is 93.8 cm³/mol. The number of carbonyl (C=O) groups excluding carboxylic acids is 1. The van der Waals surface area contributed by atoms with Gasteiger partial charge in [-0.2, -0.15) is 4.31 Å². The lowest BCUT2D eigenvalue weighted by Gasteiger charge is -2.23. The molecule has 0 aromatic heterocycles. The Morgan fingerprint density at radius 1 is 1.16 bits per heavy atom. The van der Waals surface area contributed by atoms with E-state index in [4.69, 9.17) is 9.47 Å². The maximum atomic E-state index is 12.4. The monoisotopic (exact) mass is 370 g/mol. The molecule has 8 heteroatoms. The summed E-state index contributed by atoms with van der Waals surface area (Å²) in [5, 5.41) is 2.79. The molecule has 0 saturated carbocycles. The number of rotatable bonds is 8. The van der Waals surface area contributed by atoms with Crippen LogP contribution in [0.25, 0.3) is 0 Å². The molecule has 0 bridgehead atoms. The third-order valence-electron chi connectivity index (χ3n) is 4.02. The second-order valence-corrected chi connectivity index (χ2v) is 7.62. The fraction of sp³-hybridized carbons (Fsp3) is 0.588. The Hall–Kier alpha value is -1.48. The van der Waals surface area contributed by atoms with Crippen LogP contribution >= 0.6 is 0 Å². The molecule has 0 aliphatic carbocycles. The first-order chi connectivity index (χ1) is 12.0. The molecular weight excluding hydrogens is 344 g/mol. The summed E-state index contributed by atoms with van der Waals surface area (Å²) >= 11 is 0. The van der Waals surface area contributed by atoms with Crippen molar-refractivity contribution in [1.82, 2.24) is 9.62 Å². The molecule has 2 rings (SSSR count). The molecular formula is C17H26N2O5S. The SMILES string of the molecule is CCN(CC)S(=O)(=O)c1ccc(C(=O)NCCC2OCCCO2)cc1. The van der Waals surface area contributed by atoms with Crippen LogP contribution in [0.2, 0.25) is 0 Å². The summed E-state index contributed by atoms with van der Waals surface area (Å²) < 4.78 is 37.1. The highest BCUT2D eigenvalue weighted by atomic mass is 32.2. The van der Waals surface area contributed by atoms with Gasteiger partial charge in [-0.05, 0) is 30.7 Å². The normalized spacial score (nSPS) is 16.1. The first-order valence-electron chi connectivity index (χ1n) is 8.60. The molecule has 0 unspecified atom stereocenters. The topological polar surface area (TPSA) is 84.9 Å². The summed E-state index contributed by atoms with van der Waals surface area (Å²) in [7, 11) is -3.51. The molecule has 1 fully saturated rings. The largest absolute Gasteiger partial charge is 0.353 e. The molecule has 7 nitrogen and oxygen atoms in total. The Morgan fingerprint density at radius 3 is 2.32 bits per heavy atom. The summed E-state index contributed by atoms with van der Waals surface area (Å²) in [5.41, 5.74) is 0.420. The van der Waals surface area contributed by atoms with E-state index in [0.717, 1.165) is 6.42 Å². The molecule has 140 valence electrons. The Kier molecular flexibility index (Phi) is 7.37. The van der Waals surface area contributed by atoms with Crippen molar-refractivity contribution in [2.24, 2.45) is 0 Å². The van der Waals surface area contributed by atoms with Crippen molar-refractivity contribution in [2.75, 3.05) is 32.8 Å². The zero-order chi connectivity index (χ0) is 18.3. The lowest BCUT2D eigenvalue weighted by atomic mass is 10.2. The standard InChI is InChI=1S/C17H26N2O5S/c1-3-19(4-2)25(21,22)15-8-6-14(7-9-15)17(20)18-11-10-16-23-12-5-13-24-16/h6-9,16H,3-5,10-13H2,1-2H3,(H,18,20). The van der Waals surface area contributed by atoms with Crippen LogP contribution in [0, 0.1) is 0 Å². The maximum absolute atomic E-state index is 12.4. The highest BCUT2D eigenvalue weighted by Crippen LogP contribution is 2.16. The van der Waals surface area contributed by atoms with Gasteiger partial charge < -0.3 is 14.8 Å². The minimum absolute atomic E-state index is 0.191. The maximum Gasteiger partial charge on any atom is 0.251 e. The van der Waals surface area contributed by atoms with E-state index in [9.17, 15) is 13.2 Å². The van der Waals surface area contributed by atoms with Crippen LogP contribution in [-0.2, 0) is 19.5 Å². The Labute approximate surface area is 149 Å². The van der Waals surface area contributed by atoms with E-state index in [-0.39, 0.29) is 17.1 Å². The van der Waals surface area contributed by atoms with Crippen molar-refractivity contribution < 1.29 is 22.7 Å².